The molecule has 0 aromatic carbocycles. The van der Waals surface area contributed by atoms with Gasteiger partial charge in [0.15, 0.2) is 5.82 Å². The molecule has 8 nitrogen and oxygen atoms in total. The Kier molecular flexibility index (Phi) is 3.13. The van der Waals surface area contributed by atoms with Crippen LogP contribution in [0, 0.1) is 13.8 Å². The molecule has 3 rings (SSSR count). The number of nitrogens with zero attached hydrogens (tertiary/aromatic N) is 7. The Hall–Kier alpha value is -2.77. The van der Waals surface area contributed by atoms with Crippen LogP contribution in [-0.4, -0.2) is 48.6 Å². The van der Waals surface area contributed by atoms with Crippen LogP contribution in [-0.2, 0) is 0 Å². The van der Waals surface area contributed by atoms with E-state index in [0.717, 1.165) is 11.4 Å². The van der Waals surface area contributed by atoms with Gasteiger partial charge < -0.3 is 9.88 Å². The average Bonchev–Trinajstić information content (AvgIpc) is 3.09. The van der Waals surface area contributed by atoms with Gasteiger partial charge in [0, 0.05) is 32.2 Å². The molecule has 0 saturated carbocycles. The molecule has 0 bridgehead atoms. The molecule has 0 amide bonds. The first kappa shape index (κ1) is 13.2. The maximum atomic E-state index is 4.46. The van der Waals surface area contributed by atoms with Crippen LogP contribution in [0.1, 0.15) is 11.4 Å². The summed E-state index contributed by atoms with van der Waals surface area (Å²) in [7, 11) is 3.77. The lowest BCUT2D eigenvalue weighted by molar-refractivity contribution is 0.869. The Balaban J connectivity index is 2.16. The lowest BCUT2D eigenvalue weighted by atomic mass is 10.4. The van der Waals surface area contributed by atoms with Crippen molar-refractivity contribution in [3.05, 3.63) is 30.1 Å². The minimum absolute atomic E-state index is 0.507. The zero-order chi connectivity index (χ0) is 15.0. The van der Waals surface area contributed by atoms with Gasteiger partial charge in [-0.2, -0.15) is 15.0 Å². The van der Waals surface area contributed by atoms with Crippen LogP contribution in [0.15, 0.2) is 18.7 Å². The normalized spacial score (nSPS) is 10.9. The maximum absolute atomic E-state index is 4.46. The molecule has 3 aromatic heterocycles. The second-order valence-corrected chi connectivity index (χ2v) is 4.92. The minimum atomic E-state index is 0.507. The second-order valence-electron chi connectivity index (χ2n) is 4.92. The average molecular weight is 284 g/mol. The summed E-state index contributed by atoms with van der Waals surface area (Å²) in [5.74, 6) is 2.22. The van der Waals surface area contributed by atoms with Crippen molar-refractivity contribution in [2.24, 2.45) is 0 Å². The first-order valence-corrected chi connectivity index (χ1v) is 6.50. The first-order chi connectivity index (χ1) is 10.0. The summed E-state index contributed by atoms with van der Waals surface area (Å²) in [6.45, 7) is 3.91. The number of aryl methyl sites for hydroxylation is 2. The molecule has 0 radical (unpaired) electrons. The van der Waals surface area contributed by atoms with E-state index in [9.17, 15) is 0 Å². The summed E-state index contributed by atoms with van der Waals surface area (Å²) in [6, 6.07) is 0. The summed E-state index contributed by atoms with van der Waals surface area (Å²) >= 11 is 0. The second kappa shape index (κ2) is 4.97. The van der Waals surface area contributed by atoms with Gasteiger partial charge in [-0.15, -0.1) is 0 Å². The lowest BCUT2D eigenvalue weighted by Gasteiger charge is -2.12. The number of aromatic nitrogens is 7. The summed E-state index contributed by atoms with van der Waals surface area (Å²) in [6.07, 6.45) is 5.12. The molecule has 0 unspecified atom stereocenters. The molecule has 0 atom stereocenters. The van der Waals surface area contributed by atoms with E-state index in [4.69, 9.17) is 0 Å². The van der Waals surface area contributed by atoms with Crippen molar-refractivity contribution in [3.8, 4) is 17.6 Å². The highest BCUT2D eigenvalue weighted by atomic mass is 15.3. The van der Waals surface area contributed by atoms with Crippen molar-refractivity contribution in [2.45, 2.75) is 13.8 Å². The minimum Gasteiger partial charge on any atom is -0.347 e. The molecule has 3 aromatic rings. The third-order valence-electron chi connectivity index (χ3n) is 3.09. The largest absolute Gasteiger partial charge is 0.347 e. The highest BCUT2D eigenvalue weighted by Crippen LogP contribution is 2.17. The van der Waals surface area contributed by atoms with Crippen molar-refractivity contribution < 1.29 is 0 Å². The zero-order valence-electron chi connectivity index (χ0n) is 12.4. The Bertz CT molecular complexity index is 737. The Morgan fingerprint density at radius 1 is 1.10 bits per heavy atom. The summed E-state index contributed by atoms with van der Waals surface area (Å²) < 4.78 is 1.74. The molecule has 3 heterocycles. The monoisotopic (exact) mass is 284 g/mol. The van der Waals surface area contributed by atoms with Crippen molar-refractivity contribution in [2.75, 3.05) is 19.0 Å². The number of hydrogen-bond donors (Lipinski definition) is 1. The van der Waals surface area contributed by atoms with Crippen LogP contribution < -0.4 is 4.90 Å². The van der Waals surface area contributed by atoms with E-state index in [1.54, 1.807) is 23.3 Å². The highest BCUT2D eigenvalue weighted by molar-refractivity contribution is 5.49. The molecule has 1 N–H and O–H groups in total. The predicted molar refractivity (Wildman–Crippen MR) is 78.3 cm³/mol. The molecule has 21 heavy (non-hydrogen) atoms. The molecule has 0 aliphatic rings. The van der Waals surface area contributed by atoms with Crippen molar-refractivity contribution >= 4 is 5.95 Å². The van der Waals surface area contributed by atoms with E-state index in [0.29, 0.717) is 23.5 Å². The van der Waals surface area contributed by atoms with Crippen LogP contribution >= 0.6 is 0 Å². The SMILES string of the molecule is Cc1nc(-c2nc(N(C)C)nc(-n3ccnc3)n2)[nH]c1C. The molecular weight excluding hydrogens is 268 g/mol. The fraction of sp³-hybridized carbons (Fsp3) is 0.308. The van der Waals surface area contributed by atoms with Crippen LogP contribution in [0.4, 0.5) is 5.95 Å². The fourth-order valence-electron chi connectivity index (χ4n) is 1.81. The lowest BCUT2D eigenvalue weighted by Crippen LogP contribution is -2.16. The van der Waals surface area contributed by atoms with Gasteiger partial charge in [-0.1, -0.05) is 0 Å². The Labute approximate surface area is 121 Å². The van der Waals surface area contributed by atoms with E-state index in [2.05, 4.69) is 29.9 Å². The van der Waals surface area contributed by atoms with Gasteiger partial charge in [-0.25, -0.2) is 9.97 Å². The molecular formula is C13H16N8. The van der Waals surface area contributed by atoms with Crippen LogP contribution in [0.3, 0.4) is 0 Å². The van der Waals surface area contributed by atoms with E-state index < -0.39 is 0 Å². The molecule has 0 fully saturated rings. The van der Waals surface area contributed by atoms with Crippen LogP contribution in [0.5, 0.6) is 0 Å². The predicted octanol–water partition coefficient (Wildman–Crippen LogP) is 1.13. The molecule has 8 heteroatoms. The molecule has 0 spiro atoms. The third kappa shape index (κ3) is 2.47. The van der Waals surface area contributed by atoms with E-state index in [-0.39, 0.29) is 0 Å². The molecule has 0 aliphatic carbocycles. The van der Waals surface area contributed by atoms with E-state index >= 15 is 0 Å². The number of nitrogens with one attached hydrogen (secondary N) is 1. The number of hydrogen-bond acceptors (Lipinski definition) is 6. The fourth-order valence-corrected chi connectivity index (χ4v) is 1.81. The summed E-state index contributed by atoms with van der Waals surface area (Å²) in [4.78, 5) is 26.8. The van der Waals surface area contributed by atoms with Gasteiger partial charge in [-0.05, 0) is 13.8 Å². The van der Waals surface area contributed by atoms with Crippen molar-refractivity contribution in [3.63, 3.8) is 0 Å². The highest BCUT2D eigenvalue weighted by Gasteiger charge is 2.14. The topological polar surface area (TPSA) is 88.4 Å². The standard InChI is InChI=1S/C13H16N8/c1-8-9(2)16-10(15-8)11-17-12(20(3)4)19-13(18-11)21-6-5-14-7-21/h5-7H,1-4H3,(H,15,16). The first-order valence-electron chi connectivity index (χ1n) is 6.50. The van der Waals surface area contributed by atoms with Crippen LogP contribution in [0.25, 0.3) is 17.6 Å². The summed E-state index contributed by atoms with van der Waals surface area (Å²) in [5.41, 5.74) is 1.93. The van der Waals surface area contributed by atoms with E-state index in [1.807, 2.05) is 32.8 Å². The van der Waals surface area contributed by atoms with Gasteiger partial charge in [-0.3, -0.25) is 4.57 Å². The van der Waals surface area contributed by atoms with Gasteiger partial charge in [0.25, 0.3) is 0 Å². The van der Waals surface area contributed by atoms with Crippen molar-refractivity contribution in [1.29, 1.82) is 0 Å². The quantitative estimate of drug-likeness (QED) is 0.775. The Morgan fingerprint density at radius 2 is 1.90 bits per heavy atom. The maximum Gasteiger partial charge on any atom is 0.240 e. The van der Waals surface area contributed by atoms with Crippen LogP contribution in [0.2, 0.25) is 0 Å². The number of H-pyrrole nitrogens is 1. The Morgan fingerprint density at radius 3 is 2.48 bits per heavy atom. The smallest absolute Gasteiger partial charge is 0.240 e. The number of rotatable bonds is 3. The zero-order valence-corrected chi connectivity index (χ0v) is 12.4. The third-order valence-corrected chi connectivity index (χ3v) is 3.09. The number of anilines is 1. The van der Waals surface area contributed by atoms with Gasteiger partial charge in [0.2, 0.25) is 17.7 Å². The molecule has 0 aliphatic heterocycles. The van der Waals surface area contributed by atoms with Crippen molar-refractivity contribution in [1.82, 2.24) is 34.5 Å². The van der Waals surface area contributed by atoms with E-state index in [1.165, 1.54) is 0 Å². The summed E-state index contributed by atoms with van der Waals surface area (Å²) in [5, 5.41) is 0. The molecule has 0 saturated heterocycles. The number of imidazole rings is 2. The van der Waals surface area contributed by atoms with Gasteiger partial charge in [0.1, 0.15) is 6.33 Å². The number of aromatic amines is 1. The molecule has 108 valence electrons. The van der Waals surface area contributed by atoms with Gasteiger partial charge in [0.05, 0.1) is 5.69 Å². The van der Waals surface area contributed by atoms with Gasteiger partial charge >= 0.3 is 0 Å².